The molecular weight excluding hydrogens is 334 g/mol. The normalized spacial score (nSPS) is 19.7. The van der Waals surface area contributed by atoms with Crippen LogP contribution in [0.5, 0.6) is 0 Å². The van der Waals surface area contributed by atoms with Crippen LogP contribution in [0.4, 0.5) is 0 Å². The van der Waals surface area contributed by atoms with Crippen LogP contribution < -0.4 is 0 Å². The summed E-state index contributed by atoms with van der Waals surface area (Å²) in [7, 11) is 3.05. The number of hydrogen-bond acceptors (Lipinski definition) is 4. The zero-order chi connectivity index (χ0) is 19.4. The number of amides is 2. The third-order valence-corrected chi connectivity index (χ3v) is 4.67. The second-order valence-corrected chi connectivity index (χ2v) is 7.16. The van der Waals surface area contributed by atoms with Crippen LogP contribution in [0.1, 0.15) is 19.4 Å². The third-order valence-electron chi connectivity index (χ3n) is 4.67. The van der Waals surface area contributed by atoms with Gasteiger partial charge in [-0.2, -0.15) is 0 Å². The van der Waals surface area contributed by atoms with Crippen LogP contribution in [-0.4, -0.2) is 76.9 Å². The van der Waals surface area contributed by atoms with Gasteiger partial charge in [0.1, 0.15) is 12.1 Å². The summed E-state index contributed by atoms with van der Waals surface area (Å²) in [5.41, 5.74) is 1.14. The highest BCUT2D eigenvalue weighted by Gasteiger charge is 2.42. The van der Waals surface area contributed by atoms with Crippen molar-refractivity contribution in [2.75, 3.05) is 27.2 Å². The molecule has 26 heavy (non-hydrogen) atoms. The number of carbonyl (C=O) groups excluding carboxylic acids is 2. The number of likely N-dealkylation sites (N-methyl/N-ethyl adjacent to an activating group) is 2. The van der Waals surface area contributed by atoms with Gasteiger partial charge in [0.15, 0.2) is 0 Å². The lowest BCUT2D eigenvalue weighted by molar-refractivity contribution is -0.152. The molecule has 1 heterocycles. The molecule has 1 fully saturated rings. The van der Waals surface area contributed by atoms with E-state index >= 15 is 0 Å². The number of rotatable bonds is 8. The number of carbonyl (C=O) groups is 3. The van der Waals surface area contributed by atoms with Gasteiger partial charge in [0.05, 0.1) is 6.54 Å². The van der Waals surface area contributed by atoms with Crippen molar-refractivity contribution >= 4 is 17.8 Å². The van der Waals surface area contributed by atoms with Gasteiger partial charge in [-0.05, 0) is 11.5 Å². The Kier molecular flexibility index (Phi) is 6.37. The second kappa shape index (κ2) is 8.31. The van der Waals surface area contributed by atoms with Gasteiger partial charge in [-0.3, -0.25) is 14.5 Å². The summed E-state index contributed by atoms with van der Waals surface area (Å²) in [6.07, 6.45) is 0. The molecule has 0 bridgehead atoms. The maximum atomic E-state index is 12.5. The first kappa shape index (κ1) is 19.9. The molecule has 2 unspecified atom stereocenters. The average molecular weight is 361 g/mol. The van der Waals surface area contributed by atoms with Gasteiger partial charge in [-0.25, -0.2) is 4.79 Å². The highest BCUT2D eigenvalue weighted by Crippen LogP contribution is 2.22. The minimum absolute atomic E-state index is 0.112. The van der Waals surface area contributed by atoms with Gasteiger partial charge in [0.25, 0.3) is 0 Å². The predicted molar refractivity (Wildman–Crippen MR) is 97.3 cm³/mol. The standard InChI is InChI=1S/C19H27N3O4/c1-13(2)17(19(25)26)21(4)16(23)12-20(3)18(24)15-11-22(15)10-14-8-6-5-7-9-14/h5-9,13,15,17H,10-12H2,1-4H3,(H,25,26)/t15?,17?,22-/m1/s1. The van der Waals surface area contributed by atoms with E-state index in [2.05, 4.69) is 0 Å². The van der Waals surface area contributed by atoms with E-state index in [0.29, 0.717) is 13.1 Å². The number of aliphatic carboxylic acids is 1. The van der Waals surface area contributed by atoms with E-state index in [1.54, 1.807) is 20.9 Å². The fourth-order valence-electron chi connectivity index (χ4n) is 3.10. The first-order chi connectivity index (χ1) is 12.2. The predicted octanol–water partition coefficient (Wildman–Crippen LogP) is 0.897. The van der Waals surface area contributed by atoms with Crippen LogP contribution in [0.2, 0.25) is 0 Å². The quantitative estimate of drug-likeness (QED) is 0.696. The highest BCUT2D eigenvalue weighted by atomic mass is 16.4. The molecule has 1 aliphatic rings. The Morgan fingerprint density at radius 3 is 2.35 bits per heavy atom. The fourth-order valence-corrected chi connectivity index (χ4v) is 3.10. The molecule has 1 aromatic carbocycles. The van der Waals surface area contributed by atoms with Gasteiger partial charge in [0, 0.05) is 27.2 Å². The first-order valence-corrected chi connectivity index (χ1v) is 8.73. The Labute approximate surface area is 154 Å². The Morgan fingerprint density at radius 1 is 1.19 bits per heavy atom. The zero-order valence-electron chi connectivity index (χ0n) is 15.8. The lowest BCUT2D eigenvalue weighted by Gasteiger charge is -2.29. The second-order valence-electron chi connectivity index (χ2n) is 7.16. The summed E-state index contributed by atoms with van der Waals surface area (Å²) < 4.78 is 0. The van der Waals surface area contributed by atoms with Crippen molar-refractivity contribution in [3.05, 3.63) is 35.9 Å². The molecule has 7 heteroatoms. The topological polar surface area (TPSA) is 80.9 Å². The van der Waals surface area contributed by atoms with E-state index in [4.69, 9.17) is 0 Å². The van der Waals surface area contributed by atoms with E-state index in [-0.39, 0.29) is 30.3 Å². The lowest BCUT2D eigenvalue weighted by Crippen LogP contribution is -2.49. The van der Waals surface area contributed by atoms with E-state index < -0.39 is 12.0 Å². The minimum atomic E-state index is -1.04. The number of carboxylic acids is 1. The van der Waals surface area contributed by atoms with Gasteiger partial charge in [-0.1, -0.05) is 44.2 Å². The fraction of sp³-hybridized carbons (Fsp3) is 0.526. The highest BCUT2D eigenvalue weighted by molar-refractivity contribution is 5.90. The van der Waals surface area contributed by atoms with E-state index in [9.17, 15) is 19.5 Å². The molecule has 1 aliphatic heterocycles. The molecule has 7 nitrogen and oxygen atoms in total. The molecular formula is C19H27N3O4. The van der Waals surface area contributed by atoms with Gasteiger partial charge in [-0.15, -0.1) is 0 Å². The summed E-state index contributed by atoms with van der Waals surface area (Å²) >= 11 is 0. The molecule has 3 atom stereocenters. The largest absolute Gasteiger partial charge is 0.480 e. The van der Waals surface area contributed by atoms with Crippen molar-refractivity contribution in [3.8, 4) is 0 Å². The average Bonchev–Trinajstić information content (AvgIpc) is 3.33. The molecule has 0 radical (unpaired) electrons. The molecule has 1 aromatic rings. The summed E-state index contributed by atoms with van der Waals surface area (Å²) in [6.45, 7) is 4.76. The van der Waals surface area contributed by atoms with Crippen LogP contribution >= 0.6 is 0 Å². The van der Waals surface area contributed by atoms with Crippen LogP contribution in [0.3, 0.4) is 0 Å². The molecule has 142 valence electrons. The summed E-state index contributed by atoms with van der Waals surface area (Å²) in [6, 6.07) is 8.79. The number of carboxylic acid groups (broad SMARTS) is 1. The van der Waals surface area contributed by atoms with Gasteiger partial charge in [0.2, 0.25) is 11.8 Å². The summed E-state index contributed by atoms with van der Waals surface area (Å²) in [4.78, 5) is 40.9. The molecule has 2 rings (SSSR count). The van der Waals surface area contributed by atoms with E-state index in [1.807, 2.05) is 35.2 Å². The minimum Gasteiger partial charge on any atom is -0.480 e. The third kappa shape index (κ3) is 4.82. The van der Waals surface area contributed by atoms with Crippen LogP contribution in [0.15, 0.2) is 30.3 Å². The van der Waals surface area contributed by atoms with E-state index in [0.717, 1.165) is 5.56 Å². The van der Waals surface area contributed by atoms with Crippen LogP contribution in [0.25, 0.3) is 0 Å². The van der Waals surface area contributed by atoms with E-state index in [1.165, 1.54) is 16.8 Å². The van der Waals surface area contributed by atoms with Crippen molar-refractivity contribution in [1.82, 2.24) is 14.7 Å². The lowest BCUT2D eigenvalue weighted by atomic mass is 10.0. The summed E-state index contributed by atoms with van der Waals surface area (Å²) in [5.74, 6) is -1.75. The monoisotopic (exact) mass is 361 g/mol. The zero-order valence-corrected chi connectivity index (χ0v) is 15.8. The molecule has 0 aliphatic carbocycles. The van der Waals surface area contributed by atoms with Crippen LogP contribution in [0, 0.1) is 5.92 Å². The van der Waals surface area contributed by atoms with Crippen molar-refractivity contribution < 1.29 is 19.5 Å². The smallest absolute Gasteiger partial charge is 0.326 e. The molecule has 0 spiro atoms. The Balaban J connectivity index is 1.87. The molecule has 1 saturated heterocycles. The molecule has 0 saturated carbocycles. The Hall–Kier alpha value is -2.41. The Morgan fingerprint density at radius 2 is 1.81 bits per heavy atom. The Bertz CT molecular complexity index is 662. The number of benzene rings is 1. The maximum absolute atomic E-state index is 12.5. The van der Waals surface area contributed by atoms with Crippen molar-refractivity contribution in [3.63, 3.8) is 0 Å². The molecule has 1 N–H and O–H groups in total. The molecule has 0 aromatic heterocycles. The SMILES string of the molecule is CC(C)C(C(=O)O)N(C)C(=O)CN(C)C(=O)C1C[N@@]1Cc1ccccc1. The van der Waals surface area contributed by atoms with Gasteiger partial charge >= 0.3 is 5.97 Å². The van der Waals surface area contributed by atoms with Crippen molar-refractivity contribution in [2.24, 2.45) is 5.92 Å². The maximum Gasteiger partial charge on any atom is 0.326 e. The first-order valence-electron chi connectivity index (χ1n) is 8.73. The number of nitrogens with zero attached hydrogens (tertiary/aromatic N) is 3. The van der Waals surface area contributed by atoms with Gasteiger partial charge < -0.3 is 14.9 Å². The molecule has 2 amide bonds. The van der Waals surface area contributed by atoms with Crippen molar-refractivity contribution in [2.45, 2.75) is 32.5 Å². The van der Waals surface area contributed by atoms with Crippen molar-refractivity contribution in [1.29, 1.82) is 0 Å². The van der Waals surface area contributed by atoms with Crippen LogP contribution in [-0.2, 0) is 20.9 Å². The summed E-state index contributed by atoms with van der Waals surface area (Å²) in [5, 5.41) is 9.30. The number of hydrogen-bond donors (Lipinski definition) is 1.